The fourth-order valence-electron chi connectivity index (χ4n) is 6.51. The van der Waals surface area contributed by atoms with Gasteiger partial charge in [-0.3, -0.25) is 0 Å². The van der Waals surface area contributed by atoms with Crippen LogP contribution in [0.5, 0.6) is 5.75 Å². The Labute approximate surface area is 132 Å². The SMILES string of the molecule is C=Cc1ccc(OC(C)OC23CC4CC5CC(C2)C53C4)cc1. The minimum absolute atomic E-state index is 0.157. The number of benzene rings is 1. The van der Waals surface area contributed by atoms with Crippen molar-refractivity contribution in [1.29, 1.82) is 0 Å². The maximum Gasteiger partial charge on any atom is 0.197 e. The van der Waals surface area contributed by atoms with Gasteiger partial charge in [-0.25, -0.2) is 0 Å². The Hall–Kier alpha value is -1.28. The summed E-state index contributed by atoms with van der Waals surface area (Å²) in [4.78, 5) is 0. The van der Waals surface area contributed by atoms with Gasteiger partial charge in [0.05, 0.1) is 5.60 Å². The molecule has 4 fully saturated rings. The van der Waals surface area contributed by atoms with Gasteiger partial charge in [0.25, 0.3) is 0 Å². The Morgan fingerprint density at radius 2 is 1.95 bits per heavy atom. The molecule has 0 N–H and O–H groups in total. The Bertz CT molecular complexity index is 621. The summed E-state index contributed by atoms with van der Waals surface area (Å²) in [5, 5.41) is 0. The fraction of sp³-hybridized carbons (Fsp3) is 0.600. The molecule has 0 aromatic heterocycles. The van der Waals surface area contributed by atoms with Gasteiger partial charge in [0, 0.05) is 5.41 Å². The highest BCUT2D eigenvalue weighted by Crippen LogP contribution is 2.83. The van der Waals surface area contributed by atoms with Crippen LogP contribution in [0.3, 0.4) is 0 Å². The first-order chi connectivity index (χ1) is 10.6. The molecule has 5 rings (SSSR count). The molecule has 22 heavy (non-hydrogen) atoms. The molecule has 0 heterocycles. The first-order valence-electron chi connectivity index (χ1n) is 8.72. The third kappa shape index (κ3) is 1.45. The monoisotopic (exact) mass is 296 g/mol. The molecule has 1 aromatic rings. The largest absolute Gasteiger partial charge is 0.465 e. The summed E-state index contributed by atoms with van der Waals surface area (Å²) in [7, 11) is 0. The van der Waals surface area contributed by atoms with Gasteiger partial charge < -0.3 is 9.47 Å². The number of fused-ring (bicyclic) bond motifs is 1. The van der Waals surface area contributed by atoms with Crippen molar-refractivity contribution >= 4 is 6.08 Å². The summed E-state index contributed by atoms with van der Waals surface area (Å²) in [5.41, 5.74) is 1.83. The molecule has 2 bridgehead atoms. The van der Waals surface area contributed by atoms with Crippen molar-refractivity contribution in [2.45, 2.75) is 50.9 Å². The van der Waals surface area contributed by atoms with Crippen molar-refractivity contribution < 1.29 is 9.47 Å². The van der Waals surface area contributed by atoms with E-state index in [4.69, 9.17) is 9.47 Å². The second-order valence-electron chi connectivity index (χ2n) is 7.95. The van der Waals surface area contributed by atoms with E-state index < -0.39 is 0 Å². The van der Waals surface area contributed by atoms with Crippen molar-refractivity contribution in [3.8, 4) is 5.75 Å². The Morgan fingerprint density at radius 3 is 2.64 bits per heavy atom. The zero-order chi connectivity index (χ0) is 14.9. The van der Waals surface area contributed by atoms with Crippen LogP contribution in [0.25, 0.3) is 6.08 Å². The van der Waals surface area contributed by atoms with Crippen molar-refractivity contribution in [1.82, 2.24) is 0 Å². The lowest BCUT2D eigenvalue weighted by molar-refractivity contribution is -0.335. The van der Waals surface area contributed by atoms with E-state index in [9.17, 15) is 0 Å². The minimum atomic E-state index is -0.162. The van der Waals surface area contributed by atoms with Crippen LogP contribution in [0.1, 0.15) is 44.6 Å². The van der Waals surface area contributed by atoms with Crippen molar-refractivity contribution in [2.24, 2.45) is 23.2 Å². The molecular weight excluding hydrogens is 272 g/mol. The molecule has 0 saturated heterocycles. The molecule has 6 atom stereocenters. The molecule has 2 nitrogen and oxygen atoms in total. The van der Waals surface area contributed by atoms with Crippen LogP contribution in [0.2, 0.25) is 0 Å². The molecule has 116 valence electrons. The van der Waals surface area contributed by atoms with E-state index in [1.807, 2.05) is 30.3 Å². The first-order valence-corrected chi connectivity index (χ1v) is 8.72. The zero-order valence-corrected chi connectivity index (χ0v) is 13.3. The first kappa shape index (κ1) is 13.2. The molecule has 0 amide bonds. The summed E-state index contributed by atoms with van der Waals surface area (Å²) in [6, 6.07) is 8.07. The van der Waals surface area contributed by atoms with Crippen LogP contribution < -0.4 is 4.74 Å². The lowest BCUT2D eigenvalue weighted by Crippen LogP contribution is -2.72. The average molecular weight is 296 g/mol. The van der Waals surface area contributed by atoms with Crippen LogP contribution in [-0.4, -0.2) is 11.9 Å². The van der Waals surface area contributed by atoms with E-state index in [-0.39, 0.29) is 11.9 Å². The van der Waals surface area contributed by atoms with Crippen LogP contribution >= 0.6 is 0 Å². The van der Waals surface area contributed by atoms with E-state index in [0.717, 1.165) is 29.1 Å². The standard InChI is InChI=1S/C20H24O2/c1-3-14-4-6-18(7-5-14)21-13(2)22-19-10-15-8-16-9-17(12-19)20(16,19)11-15/h3-7,13,15-17H,1,8-12H2,2H3. The molecule has 4 saturated carbocycles. The van der Waals surface area contributed by atoms with E-state index >= 15 is 0 Å². The maximum absolute atomic E-state index is 6.54. The molecular formula is C20H24O2. The lowest BCUT2D eigenvalue weighted by atomic mass is 9.36. The summed E-state index contributed by atoms with van der Waals surface area (Å²) in [6.07, 6.45) is 8.63. The Balaban J connectivity index is 1.29. The average Bonchev–Trinajstić information content (AvgIpc) is 2.96. The second kappa shape index (κ2) is 4.17. The van der Waals surface area contributed by atoms with Gasteiger partial charge in [-0.05, 0) is 74.5 Å². The Kier molecular flexibility index (Phi) is 2.50. The smallest absolute Gasteiger partial charge is 0.197 e. The van der Waals surface area contributed by atoms with Gasteiger partial charge in [0.15, 0.2) is 6.29 Å². The highest BCUT2D eigenvalue weighted by molar-refractivity contribution is 5.48. The summed E-state index contributed by atoms with van der Waals surface area (Å²) < 4.78 is 12.6. The van der Waals surface area contributed by atoms with Crippen LogP contribution in [0, 0.1) is 23.2 Å². The number of hydrogen-bond acceptors (Lipinski definition) is 2. The van der Waals surface area contributed by atoms with Gasteiger partial charge in [-0.2, -0.15) is 0 Å². The molecule has 4 aliphatic carbocycles. The van der Waals surface area contributed by atoms with Crippen molar-refractivity contribution in [3.63, 3.8) is 0 Å². The van der Waals surface area contributed by atoms with Crippen LogP contribution in [-0.2, 0) is 4.74 Å². The van der Waals surface area contributed by atoms with Gasteiger partial charge in [-0.15, -0.1) is 0 Å². The van der Waals surface area contributed by atoms with Gasteiger partial charge in [0.2, 0.25) is 0 Å². The van der Waals surface area contributed by atoms with Crippen LogP contribution in [0.15, 0.2) is 30.8 Å². The normalized spacial score (nSPS) is 44.7. The van der Waals surface area contributed by atoms with Crippen LogP contribution in [0.4, 0.5) is 0 Å². The highest BCUT2D eigenvalue weighted by atomic mass is 16.7. The predicted octanol–water partition coefficient (Wildman–Crippen LogP) is 4.65. The third-order valence-electron chi connectivity index (χ3n) is 7.12. The fourth-order valence-corrected chi connectivity index (χ4v) is 6.51. The van der Waals surface area contributed by atoms with Gasteiger partial charge in [0.1, 0.15) is 5.75 Å². The van der Waals surface area contributed by atoms with Crippen molar-refractivity contribution in [3.05, 3.63) is 36.4 Å². The molecule has 0 radical (unpaired) electrons. The summed E-state index contributed by atoms with van der Waals surface area (Å²) in [5.74, 6) is 3.74. The number of hydrogen-bond donors (Lipinski definition) is 0. The predicted molar refractivity (Wildman–Crippen MR) is 86.4 cm³/mol. The second-order valence-corrected chi connectivity index (χ2v) is 7.95. The molecule has 0 aliphatic heterocycles. The van der Waals surface area contributed by atoms with E-state index in [1.165, 1.54) is 32.1 Å². The minimum Gasteiger partial charge on any atom is -0.465 e. The van der Waals surface area contributed by atoms with Gasteiger partial charge in [-0.1, -0.05) is 24.8 Å². The van der Waals surface area contributed by atoms with E-state index in [1.54, 1.807) is 0 Å². The van der Waals surface area contributed by atoms with Crippen molar-refractivity contribution in [2.75, 3.05) is 0 Å². The van der Waals surface area contributed by atoms with E-state index in [0.29, 0.717) is 5.41 Å². The van der Waals surface area contributed by atoms with Gasteiger partial charge >= 0.3 is 0 Å². The Morgan fingerprint density at radius 1 is 1.14 bits per heavy atom. The zero-order valence-electron chi connectivity index (χ0n) is 13.3. The molecule has 4 aliphatic rings. The number of rotatable bonds is 5. The summed E-state index contributed by atoms with van der Waals surface area (Å²) in [6.45, 7) is 5.84. The molecule has 6 unspecified atom stereocenters. The van der Waals surface area contributed by atoms with E-state index in [2.05, 4.69) is 13.5 Å². The molecule has 1 aromatic carbocycles. The third-order valence-corrected chi connectivity index (χ3v) is 7.12. The number of ether oxygens (including phenoxy) is 2. The quantitative estimate of drug-likeness (QED) is 0.736. The molecule has 1 spiro atoms. The topological polar surface area (TPSA) is 18.5 Å². The summed E-state index contributed by atoms with van der Waals surface area (Å²) >= 11 is 0. The lowest BCUT2D eigenvalue weighted by Gasteiger charge is -2.72. The highest BCUT2D eigenvalue weighted by Gasteiger charge is 2.81. The molecule has 2 heteroatoms. The maximum atomic E-state index is 6.54.